The number of carbonyl (C=O) groups excluding carboxylic acids is 3. The van der Waals surface area contributed by atoms with E-state index in [2.05, 4.69) is 0 Å². The molecule has 0 atom stereocenters. The summed E-state index contributed by atoms with van der Waals surface area (Å²) in [6, 6.07) is 14.1. The molecule has 10 heteroatoms. The molecule has 152 valence electrons. The zero-order valence-electron chi connectivity index (χ0n) is 15.6. The number of hydrogen-bond donors (Lipinski definition) is 0. The minimum Gasteiger partial charge on any atom is -0.289 e. The summed E-state index contributed by atoms with van der Waals surface area (Å²) in [4.78, 5) is 59.7. The van der Waals surface area contributed by atoms with Crippen LogP contribution in [0.2, 0.25) is 0 Å². The van der Waals surface area contributed by atoms with Gasteiger partial charge in [0.15, 0.2) is 5.78 Å². The van der Waals surface area contributed by atoms with E-state index in [9.17, 15) is 34.6 Å². The van der Waals surface area contributed by atoms with Gasteiger partial charge in [-0.3, -0.25) is 34.6 Å². The van der Waals surface area contributed by atoms with E-state index in [0.717, 1.165) is 11.0 Å². The summed E-state index contributed by atoms with van der Waals surface area (Å²) in [6.07, 6.45) is 0. The minimum atomic E-state index is -0.678. The lowest BCUT2D eigenvalue weighted by Gasteiger charge is -2.13. The second-order valence-electron chi connectivity index (χ2n) is 6.62. The number of ketones is 1. The highest BCUT2D eigenvalue weighted by atomic mass is 16.6. The predicted octanol–water partition coefficient (Wildman–Crippen LogP) is 3.53. The lowest BCUT2D eigenvalue weighted by atomic mass is 9.99. The van der Waals surface area contributed by atoms with Gasteiger partial charge in [0.2, 0.25) is 0 Å². The molecule has 0 saturated heterocycles. The number of non-ortho nitro benzene ring substituents is 2. The number of nitrogens with zero attached hydrogens (tertiary/aromatic N) is 3. The number of nitro benzene ring substituents is 2. The first-order valence-corrected chi connectivity index (χ1v) is 8.84. The van der Waals surface area contributed by atoms with Crippen molar-refractivity contribution >= 4 is 34.7 Å². The molecule has 0 unspecified atom stereocenters. The van der Waals surface area contributed by atoms with Crippen molar-refractivity contribution in [2.24, 2.45) is 0 Å². The summed E-state index contributed by atoms with van der Waals surface area (Å²) in [5.74, 6) is -1.84. The first-order valence-electron chi connectivity index (χ1n) is 8.84. The molecule has 0 radical (unpaired) electrons. The first-order chi connectivity index (χ1) is 14.8. The molecule has 1 aliphatic heterocycles. The molecule has 0 saturated carbocycles. The van der Waals surface area contributed by atoms with Crippen molar-refractivity contribution in [1.82, 2.24) is 0 Å². The number of amides is 2. The number of anilines is 1. The summed E-state index contributed by atoms with van der Waals surface area (Å²) in [7, 11) is 0. The SMILES string of the molecule is O=C(c1cccc([N+](=O)[O-])c1)c1ccc2c(c1)C(=O)N(c1ccc([N+](=O)[O-])cc1)C2=O. The van der Waals surface area contributed by atoms with Crippen LogP contribution in [0.3, 0.4) is 0 Å². The molecule has 3 aromatic rings. The molecule has 0 fully saturated rings. The third-order valence-corrected chi connectivity index (χ3v) is 4.79. The zero-order chi connectivity index (χ0) is 22.3. The highest BCUT2D eigenvalue weighted by Crippen LogP contribution is 2.30. The quantitative estimate of drug-likeness (QED) is 0.267. The molecule has 10 nitrogen and oxygen atoms in total. The zero-order valence-corrected chi connectivity index (χ0v) is 15.6. The number of rotatable bonds is 5. The molecule has 4 rings (SSSR count). The van der Waals surface area contributed by atoms with Gasteiger partial charge < -0.3 is 0 Å². The molecule has 3 aromatic carbocycles. The van der Waals surface area contributed by atoms with E-state index in [1.165, 1.54) is 60.7 Å². The van der Waals surface area contributed by atoms with E-state index in [0.29, 0.717) is 0 Å². The Kier molecular flexibility index (Phi) is 4.59. The van der Waals surface area contributed by atoms with Gasteiger partial charge in [0.1, 0.15) is 0 Å². The van der Waals surface area contributed by atoms with Gasteiger partial charge in [-0.25, -0.2) is 4.90 Å². The maximum absolute atomic E-state index is 12.9. The van der Waals surface area contributed by atoms with Crippen LogP contribution in [-0.2, 0) is 0 Å². The van der Waals surface area contributed by atoms with Crippen LogP contribution in [-0.4, -0.2) is 27.4 Å². The van der Waals surface area contributed by atoms with Crippen LogP contribution in [0.5, 0.6) is 0 Å². The predicted molar refractivity (Wildman–Crippen MR) is 107 cm³/mol. The molecule has 1 heterocycles. The molecule has 0 spiro atoms. The lowest BCUT2D eigenvalue weighted by Crippen LogP contribution is -2.29. The average molecular weight is 417 g/mol. The van der Waals surface area contributed by atoms with Crippen LogP contribution >= 0.6 is 0 Å². The van der Waals surface area contributed by atoms with Crippen molar-refractivity contribution in [2.75, 3.05) is 4.90 Å². The van der Waals surface area contributed by atoms with Crippen molar-refractivity contribution < 1.29 is 24.2 Å². The minimum absolute atomic E-state index is 0.000339. The molecular weight excluding hydrogens is 406 g/mol. The van der Waals surface area contributed by atoms with Gasteiger partial charge >= 0.3 is 0 Å². The van der Waals surface area contributed by atoms with Crippen molar-refractivity contribution in [3.63, 3.8) is 0 Å². The largest absolute Gasteiger partial charge is 0.289 e. The number of nitro groups is 2. The number of hydrogen-bond acceptors (Lipinski definition) is 7. The van der Waals surface area contributed by atoms with Crippen molar-refractivity contribution in [3.8, 4) is 0 Å². The lowest BCUT2D eigenvalue weighted by molar-refractivity contribution is -0.385. The monoisotopic (exact) mass is 417 g/mol. The highest BCUT2D eigenvalue weighted by molar-refractivity contribution is 6.34. The summed E-state index contributed by atoms with van der Waals surface area (Å²) >= 11 is 0. The maximum Gasteiger partial charge on any atom is 0.270 e. The number of imide groups is 1. The highest BCUT2D eigenvalue weighted by Gasteiger charge is 2.37. The second-order valence-corrected chi connectivity index (χ2v) is 6.62. The third-order valence-electron chi connectivity index (χ3n) is 4.79. The van der Waals surface area contributed by atoms with E-state index in [-0.39, 0.29) is 39.3 Å². The summed E-state index contributed by atoms with van der Waals surface area (Å²) in [5, 5.41) is 21.7. The van der Waals surface area contributed by atoms with Crippen LogP contribution in [0.1, 0.15) is 36.6 Å². The Labute approximate surface area is 173 Å². The number of benzene rings is 3. The van der Waals surface area contributed by atoms with Gasteiger partial charge in [0.05, 0.1) is 26.7 Å². The molecule has 0 aromatic heterocycles. The molecule has 31 heavy (non-hydrogen) atoms. The van der Waals surface area contributed by atoms with Crippen molar-refractivity contribution in [3.05, 3.63) is 109 Å². The molecule has 2 amide bonds. The van der Waals surface area contributed by atoms with Gasteiger partial charge in [0.25, 0.3) is 23.2 Å². The van der Waals surface area contributed by atoms with Gasteiger partial charge in [-0.05, 0) is 24.3 Å². The number of carbonyl (C=O) groups is 3. The van der Waals surface area contributed by atoms with Crippen molar-refractivity contribution in [1.29, 1.82) is 0 Å². The smallest absolute Gasteiger partial charge is 0.270 e. The van der Waals surface area contributed by atoms with Crippen LogP contribution in [0.25, 0.3) is 0 Å². The molecule has 1 aliphatic rings. The third kappa shape index (κ3) is 3.31. The Hall–Kier alpha value is -4.73. The van der Waals surface area contributed by atoms with Gasteiger partial charge in [0, 0.05) is 35.4 Å². The molecular formula is C21H11N3O7. The van der Waals surface area contributed by atoms with Gasteiger partial charge in [-0.2, -0.15) is 0 Å². The standard InChI is InChI=1S/C21H11N3O7/c25-19(12-2-1-3-16(10-12)24(30)31)13-4-9-17-18(11-13)21(27)22(20(17)26)14-5-7-15(8-6-14)23(28)29/h1-11H. The second kappa shape index (κ2) is 7.26. The normalized spacial score (nSPS) is 12.6. The Morgan fingerprint density at radius 3 is 1.97 bits per heavy atom. The maximum atomic E-state index is 12.9. The summed E-state index contributed by atoms with van der Waals surface area (Å²) < 4.78 is 0. The fraction of sp³-hybridized carbons (Fsp3) is 0. The Bertz CT molecular complexity index is 1300. The van der Waals surface area contributed by atoms with Crippen LogP contribution < -0.4 is 4.90 Å². The van der Waals surface area contributed by atoms with E-state index in [4.69, 9.17) is 0 Å². The molecule has 0 N–H and O–H groups in total. The van der Waals surface area contributed by atoms with E-state index < -0.39 is 27.4 Å². The first kappa shape index (κ1) is 19.6. The fourth-order valence-electron chi connectivity index (χ4n) is 3.27. The van der Waals surface area contributed by atoms with Gasteiger partial charge in [-0.1, -0.05) is 18.2 Å². The fourth-order valence-corrected chi connectivity index (χ4v) is 3.27. The summed E-state index contributed by atoms with van der Waals surface area (Å²) in [6.45, 7) is 0. The summed E-state index contributed by atoms with van der Waals surface area (Å²) in [5.41, 5.74) is -0.0427. The Morgan fingerprint density at radius 2 is 1.32 bits per heavy atom. The van der Waals surface area contributed by atoms with E-state index >= 15 is 0 Å². The topological polar surface area (TPSA) is 141 Å². The van der Waals surface area contributed by atoms with Crippen LogP contribution in [0.15, 0.2) is 66.7 Å². The average Bonchev–Trinajstić information content (AvgIpc) is 3.03. The van der Waals surface area contributed by atoms with Crippen LogP contribution in [0, 0.1) is 20.2 Å². The van der Waals surface area contributed by atoms with Gasteiger partial charge in [-0.15, -0.1) is 0 Å². The van der Waals surface area contributed by atoms with Crippen LogP contribution in [0.4, 0.5) is 17.1 Å². The number of fused-ring (bicyclic) bond motifs is 1. The molecule has 0 bridgehead atoms. The van der Waals surface area contributed by atoms with Crippen molar-refractivity contribution in [2.45, 2.75) is 0 Å². The Morgan fingerprint density at radius 1 is 0.710 bits per heavy atom. The Balaban J connectivity index is 1.68. The molecule has 0 aliphatic carbocycles. The van der Waals surface area contributed by atoms with E-state index in [1.54, 1.807) is 0 Å². The van der Waals surface area contributed by atoms with E-state index in [1.807, 2.05) is 0 Å².